The fourth-order valence-electron chi connectivity index (χ4n) is 2.28. The summed E-state index contributed by atoms with van der Waals surface area (Å²) >= 11 is 3.34. The second-order valence-corrected chi connectivity index (χ2v) is 5.46. The number of halogens is 1. The van der Waals surface area contributed by atoms with Gasteiger partial charge in [-0.05, 0) is 60.9 Å². The highest BCUT2D eigenvalue weighted by molar-refractivity contribution is 9.10. The summed E-state index contributed by atoms with van der Waals surface area (Å²) in [5, 5.41) is 3.30. The standard InChI is InChI=1S/C15H18BrNO/c1-10-6-11(2)8-12(7-10)9-13(17-3)14-4-5-15(16)18-14/h4-8,13,17H,9H2,1-3H3. The number of aryl methyl sites for hydroxylation is 2. The molecule has 2 aromatic rings. The second kappa shape index (κ2) is 5.72. The summed E-state index contributed by atoms with van der Waals surface area (Å²) < 4.78 is 6.40. The van der Waals surface area contributed by atoms with Gasteiger partial charge in [0.15, 0.2) is 4.67 Å². The third-order valence-electron chi connectivity index (χ3n) is 3.01. The van der Waals surface area contributed by atoms with Crippen LogP contribution in [0.4, 0.5) is 0 Å². The largest absolute Gasteiger partial charge is 0.453 e. The van der Waals surface area contributed by atoms with Crippen molar-refractivity contribution in [3.05, 3.63) is 57.5 Å². The van der Waals surface area contributed by atoms with Gasteiger partial charge in [-0.2, -0.15) is 0 Å². The fraction of sp³-hybridized carbons (Fsp3) is 0.333. The Morgan fingerprint density at radius 3 is 2.33 bits per heavy atom. The smallest absolute Gasteiger partial charge is 0.169 e. The number of nitrogens with one attached hydrogen (secondary N) is 1. The zero-order chi connectivity index (χ0) is 13.1. The van der Waals surface area contributed by atoms with Crippen molar-refractivity contribution in [2.24, 2.45) is 0 Å². The van der Waals surface area contributed by atoms with E-state index in [-0.39, 0.29) is 6.04 Å². The number of benzene rings is 1. The molecule has 1 aromatic heterocycles. The van der Waals surface area contributed by atoms with Gasteiger partial charge < -0.3 is 9.73 Å². The maximum absolute atomic E-state index is 5.62. The Bertz CT molecular complexity index is 513. The van der Waals surface area contributed by atoms with E-state index in [4.69, 9.17) is 4.42 Å². The molecule has 0 aliphatic heterocycles. The van der Waals surface area contributed by atoms with Gasteiger partial charge in [0.05, 0.1) is 6.04 Å². The van der Waals surface area contributed by atoms with Crippen LogP contribution in [0, 0.1) is 13.8 Å². The van der Waals surface area contributed by atoms with Crippen molar-refractivity contribution in [2.45, 2.75) is 26.3 Å². The minimum absolute atomic E-state index is 0.206. The Labute approximate surface area is 117 Å². The van der Waals surface area contributed by atoms with Gasteiger partial charge in [-0.3, -0.25) is 0 Å². The summed E-state index contributed by atoms with van der Waals surface area (Å²) in [7, 11) is 1.96. The lowest BCUT2D eigenvalue weighted by Crippen LogP contribution is -2.18. The molecule has 0 aliphatic rings. The summed E-state index contributed by atoms with van der Waals surface area (Å²) in [4.78, 5) is 0. The van der Waals surface area contributed by atoms with E-state index in [1.54, 1.807) is 0 Å². The molecule has 1 aromatic carbocycles. The van der Waals surface area contributed by atoms with Crippen molar-refractivity contribution in [3.8, 4) is 0 Å². The first-order valence-corrected chi connectivity index (χ1v) is 6.87. The van der Waals surface area contributed by atoms with Crippen molar-refractivity contribution in [3.63, 3.8) is 0 Å². The SMILES string of the molecule is CNC(Cc1cc(C)cc(C)c1)c1ccc(Br)o1. The second-order valence-electron chi connectivity index (χ2n) is 4.68. The Kier molecular flexibility index (Phi) is 4.25. The lowest BCUT2D eigenvalue weighted by Gasteiger charge is -2.14. The van der Waals surface area contributed by atoms with Gasteiger partial charge in [-0.25, -0.2) is 0 Å². The molecule has 18 heavy (non-hydrogen) atoms. The summed E-state index contributed by atoms with van der Waals surface area (Å²) in [6.45, 7) is 4.27. The monoisotopic (exact) mass is 307 g/mol. The van der Waals surface area contributed by atoms with E-state index in [1.807, 2.05) is 19.2 Å². The molecule has 0 fully saturated rings. The van der Waals surface area contributed by atoms with Gasteiger partial charge in [0.2, 0.25) is 0 Å². The van der Waals surface area contributed by atoms with Crippen LogP contribution < -0.4 is 5.32 Å². The first-order valence-electron chi connectivity index (χ1n) is 6.08. The van der Waals surface area contributed by atoms with Gasteiger partial charge in [0, 0.05) is 0 Å². The molecule has 1 heterocycles. The van der Waals surface area contributed by atoms with Crippen molar-refractivity contribution >= 4 is 15.9 Å². The molecule has 0 aliphatic carbocycles. The summed E-state index contributed by atoms with van der Waals surface area (Å²) in [5.41, 5.74) is 3.94. The number of rotatable bonds is 4. The van der Waals surface area contributed by atoms with Crippen LogP contribution in [0.2, 0.25) is 0 Å². The van der Waals surface area contributed by atoms with Crippen LogP contribution in [-0.2, 0) is 6.42 Å². The molecule has 1 N–H and O–H groups in total. The molecule has 1 unspecified atom stereocenters. The minimum atomic E-state index is 0.206. The molecular weight excluding hydrogens is 290 g/mol. The van der Waals surface area contributed by atoms with Crippen molar-refractivity contribution < 1.29 is 4.42 Å². The maximum atomic E-state index is 5.62. The highest BCUT2D eigenvalue weighted by atomic mass is 79.9. The Morgan fingerprint density at radius 1 is 1.17 bits per heavy atom. The normalized spacial score (nSPS) is 12.7. The Hall–Kier alpha value is -1.06. The highest BCUT2D eigenvalue weighted by Gasteiger charge is 2.14. The lowest BCUT2D eigenvalue weighted by atomic mass is 10.00. The van der Waals surface area contributed by atoms with Crippen molar-refractivity contribution in [1.29, 1.82) is 0 Å². The van der Waals surface area contributed by atoms with Gasteiger partial charge in [0.1, 0.15) is 5.76 Å². The van der Waals surface area contributed by atoms with Crippen LogP contribution in [0.1, 0.15) is 28.5 Å². The number of hydrogen-bond acceptors (Lipinski definition) is 2. The van der Waals surface area contributed by atoms with E-state index in [9.17, 15) is 0 Å². The predicted molar refractivity (Wildman–Crippen MR) is 77.8 cm³/mol. The highest BCUT2D eigenvalue weighted by Crippen LogP contribution is 2.24. The lowest BCUT2D eigenvalue weighted by molar-refractivity contribution is 0.416. The maximum Gasteiger partial charge on any atom is 0.169 e. The predicted octanol–water partition coefficient (Wildman–Crippen LogP) is 4.16. The fourth-order valence-corrected chi connectivity index (χ4v) is 2.60. The van der Waals surface area contributed by atoms with E-state index in [0.717, 1.165) is 16.9 Å². The van der Waals surface area contributed by atoms with E-state index < -0.39 is 0 Å². The zero-order valence-corrected chi connectivity index (χ0v) is 12.5. The van der Waals surface area contributed by atoms with Crippen LogP contribution in [0.25, 0.3) is 0 Å². The van der Waals surface area contributed by atoms with Gasteiger partial charge in [0.25, 0.3) is 0 Å². The minimum Gasteiger partial charge on any atom is -0.453 e. The third-order valence-corrected chi connectivity index (χ3v) is 3.43. The molecule has 2 nitrogen and oxygen atoms in total. The van der Waals surface area contributed by atoms with Crippen LogP contribution in [-0.4, -0.2) is 7.05 Å². The summed E-state index contributed by atoms with van der Waals surface area (Å²) in [6.07, 6.45) is 0.930. The summed E-state index contributed by atoms with van der Waals surface area (Å²) in [5.74, 6) is 0.962. The van der Waals surface area contributed by atoms with E-state index in [1.165, 1.54) is 16.7 Å². The number of likely N-dealkylation sites (N-methyl/N-ethyl adjacent to an activating group) is 1. The average molecular weight is 308 g/mol. The Morgan fingerprint density at radius 2 is 1.83 bits per heavy atom. The topological polar surface area (TPSA) is 25.2 Å². The number of hydrogen-bond donors (Lipinski definition) is 1. The van der Waals surface area contributed by atoms with Crippen LogP contribution in [0.15, 0.2) is 39.4 Å². The molecule has 2 rings (SSSR count). The van der Waals surface area contributed by atoms with E-state index in [0.29, 0.717) is 0 Å². The molecular formula is C15H18BrNO. The third kappa shape index (κ3) is 3.24. The molecule has 0 amide bonds. The van der Waals surface area contributed by atoms with Gasteiger partial charge in [-0.1, -0.05) is 29.3 Å². The molecule has 3 heteroatoms. The van der Waals surface area contributed by atoms with Crippen LogP contribution >= 0.6 is 15.9 Å². The zero-order valence-electron chi connectivity index (χ0n) is 11.0. The molecule has 1 atom stereocenters. The van der Waals surface area contributed by atoms with Crippen molar-refractivity contribution in [2.75, 3.05) is 7.05 Å². The van der Waals surface area contributed by atoms with Crippen LogP contribution in [0.3, 0.4) is 0 Å². The van der Waals surface area contributed by atoms with Gasteiger partial charge in [-0.15, -0.1) is 0 Å². The molecule has 96 valence electrons. The van der Waals surface area contributed by atoms with Crippen molar-refractivity contribution in [1.82, 2.24) is 5.32 Å². The first kappa shape index (κ1) is 13.4. The molecule has 0 saturated carbocycles. The molecule has 0 bridgehead atoms. The van der Waals surface area contributed by atoms with Gasteiger partial charge >= 0.3 is 0 Å². The number of furan rings is 1. The van der Waals surface area contributed by atoms with E-state index >= 15 is 0 Å². The van der Waals surface area contributed by atoms with Crippen LogP contribution in [0.5, 0.6) is 0 Å². The average Bonchev–Trinajstić information content (AvgIpc) is 2.71. The Balaban J connectivity index is 2.20. The first-order chi connectivity index (χ1) is 8.58. The van der Waals surface area contributed by atoms with E-state index in [2.05, 4.69) is 53.3 Å². The summed E-state index contributed by atoms with van der Waals surface area (Å²) in [6, 6.07) is 10.8. The molecule has 0 radical (unpaired) electrons. The molecule has 0 spiro atoms. The quantitative estimate of drug-likeness (QED) is 0.917. The molecule has 0 saturated heterocycles.